The molecular formula is C16H25NO. The smallest absolute Gasteiger partial charge is 0.119 e. The van der Waals surface area contributed by atoms with Crippen molar-refractivity contribution in [2.45, 2.75) is 64.0 Å². The Labute approximate surface area is 111 Å². The van der Waals surface area contributed by atoms with Gasteiger partial charge in [0.1, 0.15) is 11.9 Å². The zero-order valence-corrected chi connectivity index (χ0v) is 11.6. The Morgan fingerprint density at radius 2 is 2.00 bits per heavy atom. The number of hydrogen-bond acceptors (Lipinski definition) is 2. The minimum absolute atomic E-state index is 0.309. The first-order chi connectivity index (χ1) is 8.69. The van der Waals surface area contributed by atoms with Gasteiger partial charge in [-0.3, -0.25) is 0 Å². The molecule has 3 atom stereocenters. The van der Waals surface area contributed by atoms with Crippen molar-refractivity contribution in [3.8, 4) is 5.75 Å². The zero-order chi connectivity index (χ0) is 13.0. The Bertz CT molecular complexity index is 360. The van der Waals surface area contributed by atoms with E-state index in [2.05, 4.69) is 38.1 Å². The topological polar surface area (TPSA) is 35.2 Å². The highest BCUT2D eigenvalue weighted by Gasteiger charge is 2.20. The van der Waals surface area contributed by atoms with Gasteiger partial charge in [0.2, 0.25) is 0 Å². The maximum absolute atomic E-state index is 6.01. The number of rotatable bonds is 4. The maximum atomic E-state index is 6.01. The highest BCUT2D eigenvalue weighted by molar-refractivity contribution is 5.29. The van der Waals surface area contributed by atoms with Crippen LogP contribution in [-0.4, -0.2) is 12.1 Å². The highest BCUT2D eigenvalue weighted by atomic mass is 16.5. The van der Waals surface area contributed by atoms with E-state index < -0.39 is 0 Å². The second kappa shape index (κ2) is 6.24. The van der Waals surface area contributed by atoms with Crippen molar-refractivity contribution < 1.29 is 4.74 Å². The molecule has 2 rings (SSSR count). The van der Waals surface area contributed by atoms with E-state index in [0.717, 1.165) is 25.0 Å². The summed E-state index contributed by atoms with van der Waals surface area (Å²) >= 11 is 0. The van der Waals surface area contributed by atoms with Crippen molar-refractivity contribution in [1.82, 2.24) is 0 Å². The SMILES string of the molecule is CCC(C)c1ccc(OC2CCCC(N)C2)cc1. The van der Waals surface area contributed by atoms with E-state index in [1.54, 1.807) is 0 Å². The monoisotopic (exact) mass is 247 g/mol. The third-order valence-corrected chi connectivity index (χ3v) is 4.03. The van der Waals surface area contributed by atoms with E-state index in [-0.39, 0.29) is 0 Å². The lowest BCUT2D eigenvalue weighted by molar-refractivity contribution is 0.144. The van der Waals surface area contributed by atoms with Crippen LogP contribution in [0.25, 0.3) is 0 Å². The standard InChI is InChI=1S/C16H25NO/c1-3-12(2)13-7-9-15(10-8-13)18-16-6-4-5-14(17)11-16/h7-10,12,14,16H,3-6,11,17H2,1-2H3. The summed E-state index contributed by atoms with van der Waals surface area (Å²) in [6.07, 6.45) is 5.96. The molecule has 1 aliphatic carbocycles. The van der Waals surface area contributed by atoms with Crippen molar-refractivity contribution in [2.75, 3.05) is 0 Å². The second-order valence-corrected chi connectivity index (χ2v) is 5.54. The lowest BCUT2D eigenvalue weighted by atomic mass is 9.93. The maximum Gasteiger partial charge on any atom is 0.119 e. The van der Waals surface area contributed by atoms with E-state index in [9.17, 15) is 0 Å². The molecule has 2 nitrogen and oxygen atoms in total. The third-order valence-electron chi connectivity index (χ3n) is 4.03. The van der Waals surface area contributed by atoms with Crippen LogP contribution in [0, 0.1) is 0 Å². The molecule has 1 saturated carbocycles. The average Bonchev–Trinajstić information content (AvgIpc) is 2.39. The molecule has 0 heterocycles. The van der Waals surface area contributed by atoms with Gasteiger partial charge in [-0.15, -0.1) is 0 Å². The normalized spacial score (nSPS) is 25.7. The molecule has 2 N–H and O–H groups in total. The lowest BCUT2D eigenvalue weighted by Crippen LogP contribution is -2.33. The molecule has 1 fully saturated rings. The van der Waals surface area contributed by atoms with Crippen molar-refractivity contribution in [3.05, 3.63) is 29.8 Å². The Morgan fingerprint density at radius 1 is 1.28 bits per heavy atom. The van der Waals surface area contributed by atoms with Crippen molar-refractivity contribution in [3.63, 3.8) is 0 Å². The molecule has 1 aliphatic rings. The number of benzene rings is 1. The van der Waals surface area contributed by atoms with Gasteiger partial charge in [0, 0.05) is 6.04 Å². The number of ether oxygens (including phenoxy) is 1. The van der Waals surface area contributed by atoms with Crippen LogP contribution in [0.4, 0.5) is 0 Å². The highest BCUT2D eigenvalue weighted by Crippen LogP contribution is 2.25. The minimum atomic E-state index is 0.309. The Balaban J connectivity index is 1.93. The number of nitrogens with two attached hydrogens (primary N) is 1. The summed E-state index contributed by atoms with van der Waals surface area (Å²) in [7, 11) is 0. The fourth-order valence-corrected chi connectivity index (χ4v) is 2.59. The summed E-state index contributed by atoms with van der Waals surface area (Å²) in [5, 5.41) is 0. The van der Waals surface area contributed by atoms with Crippen LogP contribution >= 0.6 is 0 Å². The third kappa shape index (κ3) is 3.49. The molecule has 0 bridgehead atoms. The Hall–Kier alpha value is -1.02. The van der Waals surface area contributed by atoms with Gasteiger partial charge in [0.25, 0.3) is 0 Å². The van der Waals surface area contributed by atoms with Crippen LogP contribution in [0.3, 0.4) is 0 Å². The zero-order valence-electron chi connectivity index (χ0n) is 11.6. The lowest BCUT2D eigenvalue weighted by Gasteiger charge is -2.27. The van der Waals surface area contributed by atoms with Crippen molar-refractivity contribution in [2.24, 2.45) is 5.73 Å². The Morgan fingerprint density at radius 3 is 2.61 bits per heavy atom. The summed E-state index contributed by atoms with van der Waals surface area (Å²) in [6, 6.07) is 8.89. The van der Waals surface area contributed by atoms with Crippen LogP contribution in [0.5, 0.6) is 5.75 Å². The van der Waals surface area contributed by atoms with E-state index in [1.807, 2.05) is 0 Å². The van der Waals surface area contributed by atoms with Crippen LogP contribution in [0.1, 0.15) is 57.4 Å². The van der Waals surface area contributed by atoms with Gasteiger partial charge in [-0.1, -0.05) is 26.0 Å². The van der Waals surface area contributed by atoms with Gasteiger partial charge in [0.15, 0.2) is 0 Å². The molecule has 18 heavy (non-hydrogen) atoms. The molecule has 0 saturated heterocycles. The fourth-order valence-electron chi connectivity index (χ4n) is 2.59. The molecule has 0 spiro atoms. The summed E-state index contributed by atoms with van der Waals surface area (Å²) < 4.78 is 6.01. The molecular weight excluding hydrogens is 222 g/mol. The molecule has 0 aliphatic heterocycles. The predicted molar refractivity (Wildman–Crippen MR) is 76.0 cm³/mol. The largest absolute Gasteiger partial charge is 0.490 e. The van der Waals surface area contributed by atoms with E-state index >= 15 is 0 Å². The summed E-state index contributed by atoms with van der Waals surface area (Å²) in [5.41, 5.74) is 7.37. The predicted octanol–water partition coefficient (Wildman–Crippen LogP) is 3.85. The Kier molecular flexibility index (Phi) is 4.65. The van der Waals surface area contributed by atoms with Crippen molar-refractivity contribution >= 4 is 0 Å². The van der Waals surface area contributed by atoms with Crippen LogP contribution in [-0.2, 0) is 0 Å². The van der Waals surface area contributed by atoms with Crippen LogP contribution in [0.2, 0.25) is 0 Å². The molecule has 0 aromatic heterocycles. The first-order valence-electron chi connectivity index (χ1n) is 7.21. The summed E-state index contributed by atoms with van der Waals surface area (Å²) in [4.78, 5) is 0. The van der Waals surface area contributed by atoms with Crippen LogP contribution < -0.4 is 10.5 Å². The summed E-state index contributed by atoms with van der Waals surface area (Å²) in [5.74, 6) is 1.61. The van der Waals surface area contributed by atoms with Gasteiger partial charge in [-0.2, -0.15) is 0 Å². The minimum Gasteiger partial charge on any atom is -0.490 e. The molecule has 2 heteroatoms. The molecule has 1 aromatic carbocycles. The fraction of sp³-hybridized carbons (Fsp3) is 0.625. The van der Waals surface area contributed by atoms with E-state index in [0.29, 0.717) is 18.1 Å². The number of hydrogen-bond donors (Lipinski definition) is 1. The first kappa shape index (κ1) is 13.4. The van der Waals surface area contributed by atoms with Gasteiger partial charge in [0.05, 0.1) is 0 Å². The quantitative estimate of drug-likeness (QED) is 0.877. The molecule has 0 radical (unpaired) electrons. The first-order valence-corrected chi connectivity index (χ1v) is 7.21. The van der Waals surface area contributed by atoms with Gasteiger partial charge < -0.3 is 10.5 Å². The van der Waals surface area contributed by atoms with Crippen molar-refractivity contribution in [1.29, 1.82) is 0 Å². The average molecular weight is 247 g/mol. The molecule has 3 unspecified atom stereocenters. The van der Waals surface area contributed by atoms with Crippen LogP contribution in [0.15, 0.2) is 24.3 Å². The second-order valence-electron chi connectivity index (χ2n) is 5.54. The van der Waals surface area contributed by atoms with E-state index in [4.69, 9.17) is 10.5 Å². The van der Waals surface area contributed by atoms with Gasteiger partial charge in [-0.25, -0.2) is 0 Å². The molecule has 1 aromatic rings. The van der Waals surface area contributed by atoms with Gasteiger partial charge in [-0.05, 0) is 55.7 Å². The molecule has 100 valence electrons. The van der Waals surface area contributed by atoms with E-state index in [1.165, 1.54) is 18.4 Å². The summed E-state index contributed by atoms with van der Waals surface area (Å²) in [6.45, 7) is 4.48. The van der Waals surface area contributed by atoms with Gasteiger partial charge >= 0.3 is 0 Å². The molecule has 0 amide bonds.